The third-order valence-electron chi connectivity index (χ3n) is 5.33. The van der Waals surface area contributed by atoms with Crippen molar-refractivity contribution in [2.24, 2.45) is 0 Å². The Morgan fingerprint density at radius 3 is 2.79 bits per heavy atom. The van der Waals surface area contributed by atoms with E-state index >= 15 is 0 Å². The fourth-order valence-electron chi connectivity index (χ4n) is 3.73. The molecule has 2 aromatic heterocycles. The molecule has 2 aliphatic heterocycles. The molecule has 150 valence electrons. The molecule has 0 aromatic carbocycles. The molecule has 2 N–H and O–H groups in total. The Morgan fingerprint density at radius 1 is 1.24 bits per heavy atom. The fourth-order valence-corrected chi connectivity index (χ4v) is 3.73. The van der Waals surface area contributed by atoms with E-state index in [0.717, 1.165) is 18.7 Å². The first-order chi connectivity index (χ1) is 13.9. The Labute approximate surface area is 164 Å². The van der Waals surface area contributed by atoms with Crippen LogP contribution in [-0.2, 0) is 0 Å². The van der Waals surface area contributed by atoms with Gasteiger partial charge in [0.05, 0.1) is 24.0 Å². The molecule has 2 bridgehead atoms. The highest BCUT2D eigenvalue weighted by Gasteiger charge is 2.58. The van der Waals surface area contributed by atoms with Gasteiger partial charge in [0.1, 0.15) is 5.69 Å². The molecule has 1 saturated heterocycles. The van der Waals surface area contributed by atoms with E-state index in [1.54, 1.807) is 6.07 Å². The number of hydrogen-bond acceptors (Lipinski definition) is 6. The molecule has 5 rings (SSSR count). The SMILES string of the molecule is O=C(NC1CC1(F)F)c1ccc2c(n1)N(C(=O)Nc1cnccn1)C1CCN2C1. The first-order valence-corrected chi connectivity index (χ1v) is 9.23. The highest BCUT2D eigenvalue weighted by Crippen LogP contribution is 2.42. The topological polar surface area (TPSA) is 103 Å². The van der Waals surface area contributed by atoms with Gasteiger partial charge in [0, 0.05) is 31.9 Å². The molecule has 3 aliphatic rings. The van der Waals surface area contributed by atoms with Gasteiger partial charge < -0.3 is 10.2 Å². The second-order valence-corrected chi connectivity index (χ2v) is 7.31. The van der Waals surface area contributed by atoms with E-state index in [-0.39, 0.29) is 18.2 Å². The van der Waals surface area contributed by atoms with E-state index in [2.05, 4.69) is 30.5 Å². The zero-order valence-corrected chi connectivity index (χ0v) is 15.2. The Hall–Kier alpha value is -3.37. The van der Waals surface area contributed by atoms with E-state index in [0.29, 0.717) is 18.2 Å². The Kier molecular flexibility index (Phi) is 3.86. The van der Waals surface area contributed by atoms with Crippen molar-refractivity contribution in [3.63, 3.8) is 0 Å². The second-order valence-electron chi connectivity index (χ2n) is 7.31. The predicted molar refractivity (Wildman–Crippen MR) is 99.2 cm³/mol. The van der Waals surface area contributed by atoms with Gasteiger partial charge in [-0.2, -0.15) is 0 Å². The molecule has 2 aromatic rings. The number of pyridine rings is 1. The van der Waals surface area contributed by atoms with Crippen molar-refractivity contribution >= 4 is 29.3 Å². The van der Waals surface area contributed by atoms with E-state index in [1.807, 2.05) is 0 Å². The van der Waals surface area contributed by atoms with Gasteiger partial charge in [0.25, 0.3) is 11.8 Å². The van der Waals surface area contributed by atoms with Crippen LogP contribution < -0.4 is 20.4 Å². The summed E-state index contributed by atoms with van der Waals surface area (Å²) in [4.78, 5) is 41.2. The Morgan fingerprint density at radius 2 is 2.07 bits per heavy atom. The van der Waals surface area contributed by atoms with Gasteiger partial charge in [-0.05, 0) is 18.6 Å². The summed E-state index contributed by atoms with van der Waals surface area (Å²) in [5.41, 5.74) is 0.715. The van der Waals surface area contributed by atoms with Gasteiger partial charge in [0.2, 0.25) is 0 Å². The van der Waals surface area contributed by atoms with Crippen LogP contribution in [-0.4, -0.2) is 58.0 Å². The number of alkyl halides is 2. The van der Waals surface area contributed by atoms with Gasteiger partial charge in [0.15, 0.2) is 11.6 Å². The Bertz CT molecular complexity index is 987. The van der Waals surface area contributed by atoms with Crippen LogP contribution in [0.4, 0.5) is 30.9 Å². The van der Waals surface area contributed by atoms with Crippen LogP contribution in [0.5, 0.6) is 0 Å². The summed E-state index contributed by atoms with van der Waals surface area (Å²) in [6.07, 6.45) is 4.77. The highest BCUT2D eigenvalue weighted by molar-refractivity contribution is 6.05. The molecule has 29 heavy (non-hydrogen) atoms. The number of aromatic nitrogens is 3. The molecule has 1 aliphatic carbocycles. The monoisotopic (exact) mass is 401 g/mol. The quantitative estimate of drug-likeness (QED) is 0.811. The summed E-state index contributed by atoms with van der Waals surface area (Å²) < 4.78 is 26.2. The van der Waals surface area contributed by atoms with Crippen LogP contribution in [0.2, 0.25) is 0 Å². The standard InChI is InChI=1S/C18H17F2N7O2/c19-18(20)7-13(18)24-16(28)11-1-2-12-15(23-11)27(10-3-6-26(12)9-10)17(29)25-14-8-21-4-5-22-14/h1-2,4-5,8,10,13H,3,6-7,9H2,(H,24,28)(H,22,25,29). The van der Waals surface area contributed by atoms with E-state index in [4.69, 9.17) is 0 Å². The van der Waals surface area contributed by atoms with Crippen molar-refractivity contribution in [2.45, 2.75) is 30.8 Å². The number of fused-ring (bicyclic) bond motifs is 4. The highest BCUT2D eigenvalue weighted by atomic mass is 19.3. The van der Waals surface area contributed by atoms with Crippen LogP contribution in [0.3, 0.4) is 0 Å². The largest absolute Gasteiger partial charge is 0.366 e. The molecule has 0 radical (unpaired) electrons. The Balaban J connectivity index is 1.44. The summed E-state index contributed by atoms with van der Waals surface area (Å²) in [7, 11) is 0. The van der Waals surface area contributed by atoms with E-state index in [9.17, 15) is 18.4 Å². The summed E-state index contributed by atoms with van der Waals surface area (Å²) in [5.74, 6) is -2.92. The molecule has 2 atom stereocenters. The maximum Gasteiger partial charge on any atom is 0.329 e. The first-order valence-electron chi connectivity index (χ1n) is 9.23. The number of urea groups is 1. The lowest BCUT2D eigenvalue weighted by atomic mass is 10.1. The number of amides is 3. The van der Waals surface area contributed by atoms with E-state index in [1.165, 1.54) is 29.6 Å². The van der Waals surface area contributed by atoms with E-state index < -0.39 is 23.9 Å². The number of halogens is 2. The van der Waals surface area contributed by atoms with Crippen LogP contribution in [0, 0.1) is 0 Å². The van der Waals surface area contributed by atoms with Gasteiger partial charge >= 0.3 is 6.03 Å². The fraction of sp³-hybridized carbons (Fsp3) is 0.389. The van der Waals surface area contributed by atoms with Crippen molar-refractivity contribution < 1.29 is 18.4 Å². The van der Waals surface area contributed by atoms with Gasteiger partial charge in [-0.15, -0.1) is 0 Å². The normalized spacial score (nSPS) is 23.4. The molecule has 4 heterocycles. The van der Waals surface area contributed by atoms with Crippen molar-refractivity contribution in [1.29, 1.82) is 0 Å². The summed E-state index contributed by atoms with van der Waals surface area (Å²) in [6.45, 7) is 1.41. The molecule has 9 nitrogen and oxygen atoms in total. The van der Waals surface area contributed by atoms with Gasteiger partial charge in [-0.3, -0.25) is 20.0 Å². The number of nitrogens with one attached hydrogen (secondary N) is 2. The lowest BCUT2D eigenvalue weighted by molar-refractivity contribution is 0.0845. The van der Waals surface area contributed by atoms with Crippen molar-refractivity contribution in [3.8, 4) is 0 Å². The lowest BCUT2D eigenvalue weighted by Crippen LogP contribution is -2.48. The summed E-state index contributed by atoms with van der Waals surface area (Å²) in [6, 6.07) is 1.48. The minimum absolute atomic E-state index is 0.00810. The smallest absolute Gasteiger partial charge is 0.329 e. The minimum Gasteiger partial charge on any atom is -0.366 e. The molecule has 11 heteroatoms. The van der Waals surface area contributed by atoms with Crippen molar-refractivity contribution in [2.75, 3.05) is 28.2 Å². The van der Waals surface area contributed by atoms with Gasteiger partial charge in [-0.1, -0.05) is 0 Å². The zero-order valence-electron chi connectivity index (χ0n) is 15.2. The average molecular weight is 401 g/mol. The molecular formula is C18H17F2N7O2. The molecule has 0 spiro atoms. The first kappa shape index (κ1) is 17.7. The number of hydrogen-bond donors (Lipinski definition) is 2. The maximum absolute atomic E-state index is 13.1. The molecule has 1 saturated carbocycles. The third kappa shape index (κ3) is 3.12. The number of rotatable bonds is 3. The summed E-state index contributed by atoms with van der Waals surface area (Å²) in [5, 5.41) is 4.98. The third-order valence-corrected chi connectivity index (χ3v) is 5.33. The van der Waals surface area contributed by atoms with Crippen molar-refractivity contribution in [3.05, 3.63) is 36.4 Å². The number of anilines is 3. The van der Waals surface area contributed by atoms with Crippen LogP contribution >= 0.6 is 0 Å². The van der Waals surface area contributed by atoms with Crippen molar-refractivity contribution in [1.82, 2.24) is 20.3 Å². The minimum atomic E-state index is -2.86. The zero-order chi connectivity index (χ0) is 20.2. The predicted octanol–water partition coefficient (Wildman–Crippen LogP) is 1.64. The van der Waals surface area contributed by atoms with Crippen LogP contribution in [0.1, 0.15) is 23.3 Å². The lowest BCUT2D eigenvalue weighted by Gasteiger charge is -2.35. The van der Waals surface area contributed by atoms with Crippen LogP contribution in [0.25, 0.3) is 0 Å². The maximum atomic E-state index is 13.1. The average Bonchev–Trinajstić information content (AvgIpc) is 3.09. The molecule has 2 unspecified atom stereocenters. The summed E-state index contributed by atoms with van der Waals surface area (Å²) >= 11 is 0. The second kappa shape index (κ2) is 6.33. The number of carbonyl (C=O) groups is 2. The number of carbonyl (C=O) groups excluding carboxylic acids is 2. The van der Waals surface area contributed by atoms with Crippen LogP contribution in [0.15, 0.2) is 30.7 Å². The molecule has 2 fully saturated rings. The molecule has 3 amide bonds. The van der Waals surface area contributed by atoms with Gasteiger partial charge in [-0.25, -0.2) is 23.5 Å². The molecular weight excluding hydrogens is 384 g/mol. The number of nitrogens with zero attached hydrogens (tertiary/aromatic N) is 5.